The van der Waals surface area contributed by atoms with Crippen LogP contribution >= 0.6 is 0 Å². The summed E-state index contributed by atoms with van der Waals surface area (Å²) in [6.07, 6.45) is 4.09. The molecule has 0 aliphatic heterocycles. The van der Waals surface area contributed by atoms with E-state index in [0.717, 1.165) is 5.70 Å². The average molecular weight is 338 g/mol. The SMILES string of the molecule is C/C=C/C(=O)OCCN(C)C1=C(C#N)C(=C(C#N)C#N)CC(C)(C)C1. The minimum absolute atomic E-state index is 0.0188. The fraction of sp³-hybridized carbons (Fsp3) is 0.474. The summed E-state index contributed by atoms with van der Waals surface area (Å²) in [5.74, 6) is -0.411. The molecule has 0 amide bonds. The number of ether oxygens (including phenoxy) is 1. The van der Waals surface area contributed by atoms with Gasteiger partial charge in [-0.05, 0) is 25.2 Å². The largest absolute Gasteiger partial charge is 0.461 e. The maximum absolute atomic E-state index is 11.4. The number of carbonyl (C=O) groups excluding carboxylic acids is 1. The van der Waals surface area contributed by atoms with Gasteiger partial charge in [0, 0.05) is 24.4 Å². The van der Waals surface area contributed by atoms with Gasteiger partial charge in [-0.2, -0.15) is 15.8 Å². The Morgan fingerprint density at radius 1 is 1.28 bits per heavy atom. The first kappa shape index (κ1) is 20.0. The molecule has 0 atom stereocenters. The van der Waals surface area contributed by atoms with Gasteiger partial charge in [0.1, 0.15) is 30.4 Å². The maximum atomic E-state index is 11.4. The van der Waals surface area contributed by atoms with Gasteiger partial charge >= 0.3 is 5.97 Å². The van der Waals surface area contributed by atoms with Crippen LogP contribution in [0.4, 0.5) is 0 Å². The van der Waals surface area contributed by atoms with Crippen molar-refractivity contribution in [2.45, 2.75) is 33.6 Å². The van der Waals surface area contributed by atoms with Crippen molar-refractivity contribution in [1.29, 1.82) is 15.8 Å². The molecule has 130 valence electrons. The number of allylic oxidation sites excluding steroid dienone is 5. The molecule has 0 aromatic carbocycles. The van der Waals surface area contributed by atoms with Crippen molar-refractivity contribution >= 4 is 5.97 Å². The lowest BCUT2D eigenvalue weighted by Gasteiger charge is -2.37. The first-order chi connectivity index (χ1) is 11.8. The number of hydrogen-bond donors (Lipinski definition) is 0. The number of carbonyl (C=O) groups is 1. The number of esters is 1. The van der Waals surface area contributed by atoms with Gasteiger partial charge in [0.15, 0.2) is 0 Å². The van der Waals surface area contributed by atoms with Crippen LogP contribution in [0, 0.1) is 39.4 Å². The van der Waals surface area contributed by atoms with Crippen LogP contribution < -0.4 is 0 Å². The lowest BCUT2D eigenvalue weighted by molar-refractivity contribution is -0.138. The first-order valence-corrected chi connectivity index (χ1v) is 7.97. The predicted octanol–water partition coefficient (Wildman–Crippen LogP) is 2.98. The zero-order valence-corrected chi connectivity index (χ0v) is 15.1. The van der Waals surface area contributed by atoms with Gasteiger partial charge in [-0.25, -0.2) is 4.79 Å². The molecule has 0 unspecified atom stereocenters. The van der Waals surface area contributed by atoms with Crippen molar-refractivity contribution in [3.63, 3.8) is 0 Å². The maximum Gasteiger partial charge on any atom is 0.330 e. The van der Waals surface area contributed by atoms with Crippen LogP contribution in [0.3, 0.4) is 0 Å². The Labute approximate surface area is 148 Å². The lowest BCUT2D eigenvalue weighted by atomic mass is 9.72. The normalized spacial score (nSPS) is 16.0. The second-order valence-corrected chi connectivity index (χ2v) is 6.62. The van der Waals surface area contributed by atoms with E-state index in [4.69, 9.17) is 4.74 Å². The van der Waals surface area contributed by atoms with E-state index in [1.165, 1.54) is 6.08 Å². The Bertz CT molecular complexity index is 736. The molecule has 0 radical (unpaired) electrons. The summed E-state index contributed by atoms with van der Waals surface area (Å²) in [5.41, 5.74) is 1.43. The van der Waals surface area contributed by atoms with E-state index in [9.17, 15) is 20.6 Å². The molecular formula is C19H22N4O2. The van der Waals surface area contributed by atoms with Gasteiger partial charge in [-0.3, -0.25) is 0 Å². The molecule has 0 spiro atoms. The molecule has 1 aliphatic carbocycles. The Kier molecular flexibility index (Phi) is 6.97. The monoisotopic (exact) mass is 338 g/mol. The fourth-order valence-electron chi connectivity index (χ4n) is 2.78. The lowest BCUT2D eigenvalue weighted by Crippen LogP contribution is -2.31. The summed E-state index contributed by atoms with van der Waals surface area (Å²) in [5, 5.41) is 28.0. The molecule has 25 heavy (non-hydrogen) atoms. The topological polar surface area (TPSA) is 101 Å². The zero-order chi connectivity index (χ0) is 19.0. The molecule has 0 saturated heterocycles. The molecule has 0 heterocycles. The average Bonchev–Trinajstić information content (AvgIpc) is 2.55. The molecule has 0 saturated carbocycles. The van der Waals surface area contributed by atoms with Crippen LogP contribution in [0.1, 0.15) is 33.6 Å². The quantitative estimate of drug-likeness (QED) is 0.434. The van der Waals surface area contributed by atoms with Gasteiger partial charge in [-0.1, -0.05) is 19.9 Å². The summed E-state index contributed by atoms with van der Waals surface area (Å²) < 4.78 is 5.09. The van der Waals surface area contributed by atoms with E-state index in [-0.39, 0.29) is 17.6 Å². The highest BCUT2D eigenvalue weighted by atomic mass is 16.5. The Morgan fingerprint density at radius 2 is 1.92 bits per heavy atom. The molecule has 1 aliphatic rings. The number of likely N-dealkylation sites (N-methyl/N-ethyl adjacent to an activating group) is 1. The van der Waals surface area contributed by atoms with Crippen LogP contribution in [0.2, 0.25) is 0 Å². The van der Waals surface area contributed by atoms with E-state index < -0.39 is 5.97 Å². The van der Waals surface area contributed by atoms with Crippen LogP contribution in [0.15, 0.2) is 34.6 Å². The highest BCUT2D eigenvalue weighted by Gasteiger charge is 2.34. The summed E-state index contributed by atoms with van der Waals surface area (Å²) in [6.45, 7) is 6.41. The zero-order valence-electron chi connectivity index (χ0n) is 15.1. The Balaban J connectivity index is 3.14. The number of nitrogens with zero attached hydrogens (tertiary/aromatic N) is 4. The third-order valence-electron chi connectivity index (χ3n) is 3.96. The van der Waals surface area contributed by atoms with Gasteiger partial charge in [0.2, 0.25) is 0 Å². The summed E-state index contributed by atoms with van der Waals surface area (Å²) >= 11 is 0. The van der Waals surface area contributed by atoms with E-state index >= 15 is 0 Å². The van der Waals surface area contributed by atoms with Crippen molar-refractivity contribution in [1.82, 2.24) is 4.90 Å². The molecule has 6 nitrogen and oxygen atoms in total. The minimum atomic E-state index is -0.411. The van der Waals surface area contributed by atoms with Gasteiger partial charge in [0.25, 0.3) is 0 Å². The molecule has 0 N–H and O–H groups in total. The van der Waals surface area contributed by atoms with Gasteiger partial charge in [-0.15, -0.1) is 0 Å². The van der Waals surface area contributed by atoms with E-state index in [2.05, 4.69) is 6.07 Å². The van der Waals surface area contributed by atoms with E-state index in [1.54, 1.807) is 13.0 Å². The molecule has 0 aromatic rings. The summed E-state index contributed by atoms with van der Waals surface area (Å²) in [7, 11) is 1.81. The van der Waals surface area contributed by atoms with Crippen molar-refractivity contribution < 1.29 is 9.53 Å². The second-order valence-electron chi connectivity index (χ2n) is 6.62. The first-order valence-electron chi connectivity index (χ1n) is 7.97. The van der Waals surface area contributed by atoms with Crippen LogP contribution in [-0.4, -0.2) is 31.1 Å². The third-order valence-corrected chi connectivity index (χ3v) is 3.96. The fourth-order valence-corrected chi connectivity index (χ4v) is 2.78. The summed E-state index contributed by atoms with van der Waals surface area (Å²) in [4.78, 5) is 13.2. The van der Waals surface area contributed by atoms with E-state index in [0.29, 0.717) is 30.5 Å². The van der Waals surface area contributed by atoms with Crippen molar-refractivity contribution in [3.8, 4) is 18.2 Å². The third kappa shape index (κ3) is 5.23. The molecule has 0 aromatic heterocycles. The highest BCUT2D eigenvalue weighted by molar-refractivity contribution is 5.81. The molecule has 6 heteroatoms. The number of nitriles is 3. The summed E-state index contributed by atoms with van der Waals surface area (Å²) in [6, 6.07) is 5.94. The van der Waals surface area contributed by atoms with Crippen molar-refractivity contribution in [2.24, 2.45) is 5.41 Å². The van der Waals surface area contributed by atoms with E-state index in [1.807, 2.05) is 37.9 Å². The standard InChI is InChI=1S/C19H22N4O2/c1-5-6-18(24)25-8-7-23(4)17-10-19(2,3)9-15(16(17)13-22)14(11-20)12-21/h5-6H,7-10H2,1-4H3/b6-5+. The molecular weight excluding hydrogens is 316 g/mol. The number of hydrogen-bond acceptors (Lipinski definition) is 6. The van der Waals surface area contributed by atoms with Crippen molar-refractivity contribution in [2.75, 3.05) is 20.2 Å². The molecule has 0 bridgehead atoms. The van der Waals surface area contributed by atoms with Crippen LogP contribution in [-0.2, 0) is 9.53 Å². The Morgan fingerprint density at radius 3 is 2.44 bits per heavy atom. The van der Waals surface area contributed by atoms with Crippen LogP contribution in [0.5, 0.6) is 0 Å². The van der Waals surface area contributed by atoms with Gasteiger partial charge in [0.05, 0.1) is 12.1 Å². The molecule has 0 fully saturated rings. The second kappa shape index (κ2) is 8.71. The predicted molar refractivity (Wildman–Crippen MR) is 92.3 cm³/mol. The van der Waals surface area contributed by atoms with Gasteiger partial charge < -0.3 is 9.64 Å². The van der Waals surface area contributed by atoms with Crippen molar-refractivity contribution in [3.05, 3.63) is 34.6 Å². The minimum Gasteiger partial charge on any atom is -0.461 e. The van der Waals surface area contributed by atoms with Crippen LogP contribution in [0.25, 0.3) is 0 Å². The smallest absolute Gasteiger partial charge is 0.330 e. The highest BCUT2D eigenvalue weighted by Crippen LogP contribution is 2.43. The molecule has 1 rings (SSSR count). The Hall–Kier alpha value is -3.04. The number of rotatable bonds is 5.